The lowest BCUT2D eigenvalue weighted by Crippen LogP contribution is -2.52. The second kappa shape index (κ2) is 7.12. The molecule has 25 heavy (non-hydrogen) atoms. The summed E-state index contributed by atoms with van der Waals surface area (Å²) >= 11 is 0. The van der Waals surface area contributed by atoms with E-state index < -0.39 is 5.60 Å². The van der Waals surface area contributed by atoms with E-state index in [1.54, 1.807) is 4.68 Å². The molecule has 1 saturated heterocycles. The van der Waals surface area contributed by atoms with Crippen molar-refractivity contribution in [3.63, 3.8) is 0 Å². The van der Waals surface area contributed by atoms with Gasteiger partial charge in [0.2, 0.25) is 5.91 Å². The van der Waals surface area contributed by atoms with Crippen molar-refractivity contribution in [2.75, 3.05) is 13.1 Å². The topological polar surface area (TPSA) is 71.2 Å². The molecule has 0 bridgehead atoms. The lowest BCUT2D eigenvalue weighted by atomic mass is 9.78. The maximum Gasteiger partial charge on any atom is 0.224 e. The van der Waals surface area contributed by atoms with Crippen molar-refractivity contribution in [1.82, 2.24) is 19.9 Å². The molecule has 0 spiro atoms. The zero-order valence-electron chi connectivity index (χ0n) is 15.4. The maximum absolute atomic E-state index is 12.7. The normalized spacial score (nSPS) is 24.2. The van der Waals surface area contributed by atoms with Crippen molar-refractivity contribution in [3.05, 3.63) is 24.3 Å². The lowest BCUT2D eigenvalue weighted by molar-refractivity contribution is -0.139. The zero-order chi connectivity index (χ0) is 18.0. The Balaban J connectivity index is 1.61. The highest BCUT2D eigenvalue weighted by molar-refractivity contribution is 5.77. The molecule has 0 aliphatic carbocycles. The third-order valence-electron chi connectivity index (χ3n) is 5.27. The molecular formula is C19H28N4O2. The molecule has 6 nitrogen and oxygen atoms in total. The molecule has 1 amide bonds. The molecule has 2 atom stereocenters. The Labute approximate surface area is 148 Å². The highest BCUT2D eigenvalue weighted by Gasteiger charge is 2.38. The molecule has 1 N–H and O–H groups in total. The summed E-state index contributed by atoms with van der Waals surface area (Å²) in [6, 6.07) is 7.77. The van der Waals surface area contributed by atoms with Crippen LogP contribution in [0.3, 0.4) is 0 Å². The van der Waals surface area contributed by atoms with Crippen LogP contribution in [0.2, 0.25) is 0 Å². The average Bonchev–Trinajstić information content (AvgIpc) is 2.97. The largest absolute Gasteiger partial charge is 0.390 e. The molecule has 1 aromatic carbocycles. The zero-order valence-corrected chi connectivity index (χ0v) is 15.4. The van der Waals surface area contributed by atoms with Gasteiger partial charge in [0, 0.05) is 25.4 Å². The number of carbonyl (C=O) groups is 1. The number of benzene rings is 1. The van der Waals surface area contributed by atoms with Gasteiger partial charge in [0.15, 0.2) is 0 Å². The molecular weight excluding hydrogens is 316 g/mol. The van der Waals surface area contributed by atoms with Crippen molar-refractivity contribution >= 4 is 16.9 Å². The number of fused-ring (bicyclic) bond motifs is 1. The van der Waals surface area contributed by atoms with Crippen molar-refractivity contribution in [2.24, 2.45) is 11.8 Å². The summed E-state index contributed by atoms with van der Waals surface area (Å²) < 4.78 is 1.79. The van der Waals surface area contributed by atoms with E-state index in [9.17, 15) is 9.90 Å². The van der Waals surface area contributed by atoms with Gasteiger partial charge in [0.25, 0.3) is 0 Å². The molecule has 0 unspecified atom stereocenters. The fourth-order valence-electron chi connectivity index (χ4n) is 3.69. The van der Waals surface area contributed by atoms with Gasteiger partial charge in [-0.25, -0.2) is 4.68 Å². The summed E-state index contributed by atoms with van der Waals surface area (Å²) in [5.41, 5.74) is 1.12. The highest BCUT2D eigenvalue weighted by Crippen LogP contribution is 2.32. The summed E-state index contributed by atoms with van der Waals surface area (Å²) in [6.07, 6.45) is 1.98. The Morgan fingerprint density at radius 3 is 2.92 bits per heavy atom. The van der Waals surface area contributed by atoms with Crippen molar-refractivity contribution < 1.29 is 9.90 Å². The molecule has 1 aliphatic heterocycles. The number of hydrogen-bond donors (Lipinski definition) is 1. The first-order valence-electron chi connectivity index (χ1n) is 9.15. The van der Waals surface area contributed by atoms with E-state index in [0.29, 0.717) is 38.4 Å². The average molecular weight is 344 g/mol. The minimum atomic E-state index is -0.677. The molecule has 1 fully saturated rings. The van der Waals surface area contributed by atoms with Crippen LogP contribution in [0.5, 0.6) is 0 Å². The molecule has 1 aliphatic rings. The van der Waals surface area contributed by atoms with Crippen LogP contribution < -0.4 is 0 Å². The molecule has 0 saturated carbocycles. The van der Waals surface area contributed by atoms with E-state index >= 15 is 0 Å². The summed E-state index contributed by atoms with van der Waals surface area (Å²) in [4.78, 5) is 14.6. The van der Waals surface area contributed by atoms with Crippen molar-refractivity contribution in [1.29, 1.82) is 0 Å². The van der Waals surface area contributed by atoms with E-state index in [1.165, 1.54) is 0 Å². The number of rotatable bonds is 5. The predicted molar refractivity (Wildman–Crippen MR) is 96.9 cm³/mol. The van der Waals surface area contributed by atoms with Crippen LogP contribution in [0.1, 0.15) is 40.0 Å². The number of piperidine rings is 1. The lowest BCUT2D eigenvalue weighted by Gasteiger charge is -2.43. The van der Waals surface area contributed by atoms with Gasteiger partial charge in [-0.15, -0.1) is 5.10 Å². The molecule has 6 heteroatoms. The second-order valence-electron chi connectivity index (χ2n) is 7.82. The quantitative estimate of drug-likeness (QED) is 0.904. The van der Waals surface area contributed by atoms with Gasteiger partial charge >= 0.3 is 0 Å². The number of aromatic nitrogens is 3. The molecule has 2 heterocycles. The Morgan fingerprint density at radius 1 is 1.40 bits per heavy atom. The van der Waals surface area contributed by atoms with E-state index in [4.69, 9.17) is 0 Å². The van der Waals surface area contributed by atoms with Gasteiger partial charge in [-0.3, -0.25) is 4.79 Å². The smallest absolute Gasteiger partial charge is 0.224 e. The van der Waals surface area contributed by atoms with Gasteiger partial charge in [0.05, 0.1) is 17.7 Å². The van der Waals surface area contributed by atoms with Crippen LogP contribution in [0.15, 0.2) is 24.3 Å². The van der Waals surface area contributed by atoms with Gasteiger partial charge in [0.1, 0.15) is 5.52 Å². The third-order valence-corrected chi connectivity index (χ3v) is 5.27. The Bertz CT molecular complexity index is 738. The molecule has 0 radical (unpaired) electrons. The van der Waals surface area contributed by atoms with Crippen LogP contribution >= 0.6 is 0 Å². The van der Waals surface area contributed by atoms with E-state index in [-0.39, 0.29) is 11.8 Å². The number of hydrogen-bond acceptors (Lipinski definition) is 4. The Kier molecular flexibility index (Phi) is 5.08. The van der Waals surface area contributed by atoms with Gasteiger partial charge < -0.3 is 10.0 Å². The number of carbonyl (C=O) groups excluding carboxylic acids is 1. The number of para-hydroxylation sites is 1. The molecule has 136 valence electrons. The Hall–Kier alpha value is -1.95. The number of amides is 1. The summed E-state index contributed by atoms with van der Waals surface area (Å²) in [7, 11) is 0. The number of likely N-dealkylation sites (tertiary alicyclic amines) is 1. The van der Waals surface area contributed by atoms with Gasteiger partial charge in [-0.1, -0.05) is 31.2 Å². The first-order valence-corrected chi connectivity index (χ1v) is 9.15. The number of aryl methyl sites for hydroxylation is 1. The van der Waals surface area contributed by atoms with Crippen LogP contribution in [-0.4, -0.2) is 49.6 Å². The molecule has 3 rings (SSSR count). The number of nitrogens with zero attached hydrogens (tertiary/aromatic N) is 4. The summed E-state index contributed by atoms with van der Waals surface area (Å²) in [6.45, 7) is 8.02. The SMILES string of the molecule is CC(C)C[C@@H]1CN(C(=O)CCn2nnc3ccccc32)CC[C@]1(C)O. The third kappa shape index (κ3) is 4.00. The fraction of sp³-hybridized carbons (Fsp3) is 0.632. The second-order valence-corrected chi connectivity index (χ2v) is 7.82. The monoisotopic (exact) mass is 344 g/mol. The summed E-state index contributed by atoms with van der Waals surface area (Å²) in [5.74, 6) is 0.772. The van der Waals surface area contributed by atoms with E-state index in [1.807, 2.05) is 36.1 Å². The van der Waals surface area contributed by atoms with E-state index in [2.05, 4.69) is 24.2 Å². The van der Waals surface area contributed by atoms with Crippen LogP contribution in [0.25, 0.3) is 11.0 Å². The first kappa shape index (κ1) is 17.9. The number of aliphatic hydroxyl groups is 1. The van der Waals surface area contributed by atoms with Gasteiger partial charge in [-0.05, 0) is 37.8 Å². The van der Waals surface area contributed by atoms with Gasteiger partial charge in [-0.2, -0.15) is 0 Å². The maximum atomic E-state index is 12.7. The highest BCUT2D eigenvalue weighted by atomic mass is 16.3. The van der Waals surface area contributed by atoms with Crippen LogP contribution in [0.4, 0.5) is 0 Å². The van der Waals surface area contributed by atoms with E-state index in [0.717, 1.165) is 17.5 Å². The summed E-state index contributed by atoms with van der Waals surface area (Å²) in [5, 5.41) is 18.9. The predicted octanol–water partition coefficient (Wildman–Crippen LogP) is 2.47. The van der Waals surface area contributed by atoms with Crippen molar-refractivity contribution in [3.8, 4) is 0 Å². The molecule has 1 aromatic heterocycles. The first-order chi connectivity index (χ1) is 11.9. The van der Waals surface area contributed by atoms with Crippen LogP contribution in [-0.2, 0) is 11.3 Å². The van der Waals surface area contributed by atoms with Crippen LogP contribution in [0, 0.1) is 11.8 Å². The van der Waals surface area contributed by atoms with Crippen molar-refractivity contribution in [2.45, 2.75) is 52.2 Å². The Morgan fingerprint density at radius 2 is 2.16 bits per heavy atom. The molecule has 2 aromatic rings. The fourth-order valence-corrected chi connectivity index (χ4v) is 3.69. The minimum Gasteiger partial charge on any atom is -0.390 e. The standard InChI is InChI=1S/C19H28N4O2/c1-14(2)12-15-13-22(11-9-19(15,3)25)18(24)8-10-23-17-7-5-4-6-16(17)20-21-23/h4-7,14-15,25H,8-13H2,1-3H3/t15-,19+/m1/s1. The minimum absolute atomic E-state index is 0.129.